The molecule has 9 nitrogen and oxygen atoms in total. The summed E-state index contributed by atoms with van der Waals surface area (Å²) in [6.07, 6.45) is 12.8. The standard InChI is InChI=1S/C24H36N8O/c1-16-21(15-32(31-16)19-8-12-25-13-9-19)29-24-28-14-20(17-6-7-17)22(30-24)26-10-3-11-27-23(33)18-4-2-5-18/h14-15,17-19,25H,2-13H2,1H3,(H,27,33)(H2,26,28,29,30). The van der Waals surface area contributed by atoms with Gasteiger partial charge in [0.25, 0.3) is 0 Å². The van der Waals surface area contributed by atoms with Crippen molar-refractivity contribution < 1.29 is 4.79 Å². The van der Waals surface area contributed by atoms with E-state index in [0.717, 1.165) is 68.9 Å². The lowest BCUT2D eigenvalue weighted by Crippen LogP contribution is -2.35. The molecule has 0 spiro atoms. The molecular weight excluding hydrogens is 416 g/mol. The van der Waals surface area contributed by atoms with Crippen molar-refractivity contribution in [1.29, 1.82) is 0 Å². The van der Waals surface area contributed by atoms with Crippen molar-refractivity contribution in [2.24, 2.45) is 5.92 Å². The molecular formula is C24H36N8O. The number of hydrogen-bond acceptors (Lipinski definition) is 7. The molecule has 4 N–H and O–H groups in total. The number of carbonyl (C=O) groups excluding carboxylic acids is 1. The zero-order chi connectivity index (χ0) is 22.6. The highest BCUT2D eigenvalue weighted by molar-refractivity contribution is 5.79. The number of anilines is 3. The van der Waals surface area contributed by atoms with Crippen molar-refractivity contribution in [2.45, 2.75) is 70.3 Å². The van der Waals surface area contributed by atoms with Crippen LogP contribution in [0.5, 0.6) is 0 Å². The summed E-state index contributed by atoms with van der Waals surface area (Å²) in [5, 5.41) is 18.1. The van der Waals surface area contributed by atoms with E-state index in [9.17, 15) is 4.79 Å². The third-order valence-electron chi connectivity index (χ3n) is 7.10. The van der Waals surface area contributed by atoms with Crippen molar-refractivity contribution in [3.05, 3.63) is 23.7 Å². The van der Waals surface area contributed by atoms with Crippen LogP contribution in [0.25, 0.3) is 0 Å². The highest BCUT2D eigenvalue weighted by atomic mass is 16.1. The van der Waals surface area contributed by atoms with Gasteiger partial charge in [0.15, 0.2) is 0 Å². The predicted octanol–water partition coefficient (Wildman–Crippen LogP) is 3.25. The van der Waals surface area contributed by atoms with Crippen molar-refractivity contribution in [3.8, 4) is 0 Å². The first-order valence-electron chi connectivity index (χ1n) is 12.6. The number of amides is 1. The maximum Gasteiger partial charge on any atom is 0.229 e. The third-order valence-corrected chi connectivity index (χ3v) is 7.10. The van der Waals surface area contributed by atoms with E-state index in [-0.39, 0.29) is 11.8 Å². The van der Waals surface area contributed by atoms with Crippen LogP contribution in [-0.2, 0) is 4.79 Å². The average molecular weight is 453 g/mol. The third kappa shape index (κ3) is 5.46. The SMILES string of the molecule is Cc1nn(C2CCNCC2)cc1Nc1ncc(C2CC2)c(NCCCNC(=O)C2CCC2)n1. The van der Waals surface area contributed by atoms with E-state index in [1.807, 2.05) is 13.1 Å². The van der Waals surface area contributed by atoms with Crippen LogP contribution >= 0.6 is 0 Å². The fourth-order valence-electron chi connectivity index (χ4n) is 4.59. The number of nitrogens with one attached hydrogen (secondary N) is 4. The Balaban J connectivity index is 1.19. The van der Waals surface area contributed by atoms with Gasteiger partial charge in [-0.3, -0.25) is 9.48 Å². The lowest BCUT2D eigenvalue weighted by atomic mass is 9.85. The van der Waals surface area contributed by atoms with Gasteiger partial charge in [-0.15, -0.1) is 0 Å². The predicted molar refractivity (Wildman–Crippen MR) is 129 cm³/mol. The fourth-order valence-corrected chi connectivity index (χ4v) is 4.59. The van der Waals surface area contributed by atoms with Gasteiger partial charge in [0, 0.05) is 37.0 Å². The molecule has 178 valence electrons. The number of aromatic nitrogens is 4. The maximum atomic E-state index is 12.0. The van der Waals surface area contributed by atoms with Gasteiger partial charge in [0.2, 0.25) is 11.9 Å². The van der Waals surface area contributed by atoms with E-state index in [2.05, 4.69) is 37.1 Å². The second-order valence-corrected chi connectivity index (χ2v) is 9.69. The zero-order valence-corrected chi connectivity index (χ0v) is 19.6. The van der Waals surface area contributed by atoms with Gasteiger partial charge in [0.1, 0.15) is 5.82 Å². The second kappa shape index (κ2) is 10.1. The Morgan fingerprint density at radius 2 is 1.97 bits per heavy atom. The molecule has 5 rings (SSSR count). The topological polar surface area (TPSA) is 109 Å². The normalized spacial score (nSPS) is 19.2. The Labute approximate surface area is 195 Å². The Bertz CT molecular complexity index is 959. The van der Waals surface area contributed by atoms with Gasteiger partial charge in [-0.2, -0.15) is 10.1 Å². The molecule has 0 bridgehead atoms. The molecule has 3 fully saturated rings. The van der Waals surface area contributed by atoms with Gasteiger partial charge in [-0.05, 0) is 70.9 Å². The summed E-state index contributed by atoms with van der Waals surface area (Å²) < 4.78 is 2.09. The molecule has 9 heteroatoms. The molecule has 3 heterocycles. The minimum Gasteiger partial charge on any atom is -0.370 e. The quantitative estimate of drug-likeness (QED) is 0.410. The maximum absolute atomic E-state index is 12.0. The summed E-state index contributed by atoms with van der Waals surface area (Å²) >= 11 is 0. The van der Waals surface area contributed by atoms with Crippen molar-refractivity contribution in [1.82, 2.24) is 30.4 Å². The molecule has 2 aromatic rings. The summed E-state index contributed by atoms with van der Waals surface area (Å²) in [5.74, 6) is 2.52. The molecule has 0 aromatic carbocycles. The van der Waals surface area contributed by atoms with Gasteiger partial charge in [-0.25, -0.2) is 4.98 Å². The summed E-state index contributed by atoms with van der Waals surface area (Å²) in [5.41, 5.74) is 3.11. The Kier molecular flexibility index (Phi) is 6.75. The number of aryl methyl sites for hydroxylation is 1. The largest absolute Gasteiger partial charge is 0.370 e. The number of carbonyl (C=O) groups is 1. The van der Waals surface area contributed by atoms with Crippen LogP contribution in [-0.4, -0.2) is 51.8 Å². The average Bonchev–Trinajstić information content (AvgIpc) is 3.56. The van der Waals surface area contributed by atoms with Crippen LogP contribution in [0.3, 0.4) is 0 Å². The van der Waals surface area contributed by atoms with E-state index in [1.54, 1.807) is 0 Å². The molecule has 1 saturated heterocycles. The molecule has 0 radical (unpaired) electrons. The van der Waals surface area contributed by atoms with Gasteiger partial charge < -0.3 is 21.3 Å². The summed E-state index contributed by atoms with van der Waals surface area (Å²) in [7, 11) is 0. The van der Waals surface area contributed by atoms with E-state index >= 15 is 0 Å². The number of piperidine rings is 1. The highest BCUT2D eigenvalue weighted by Gasteiger charge is 2.28. The number of rotatable bonds is 10. The molecule has 1 aliphatic heterocycles. The van der Waals surface area contributed by atoms with Gasteiger partial charge in [0.05, 0.1) is 17.4 Å². The molecule has 0 atom stereocenters. The molecule has 2 saturated carbocycles. The number of hydrogen-bond donors (Lipinski definition) is 4. The molecule has 33 heavy (non-hydrogen) atoms. The van der Waals surface area contributed by atoms with Crippen LogP contribution < -0.4 is 21.3 Å². The lowest BCUT2D eigenvalue weighted by molar-refractivity contribution is -0.127. The first kappa shape index (κ1) is 22.1. The van der Waals surface area contributed by atoms with Crippen LogP contribution in [0.1, 0.15) is 74.6 Å². The van der Waals surface area contributed by atoms with Crippen LogP contribution in [0.15, 0.2) is 12.4 Å². The minimum absolute atomic E-state index is 0.217. The zero-order valence-electron chi connectivity index (χ0n) is 19.6. The monoisotopic (exact) mass is 452 g/mol. The molecule has 3 aliphatic rings. The second-order valence-electron chi connectivity index (χ2n) is 9.69. The van der Waals surface area contributed by atoms with Gasteiger partial charge >= 0.3 is 0 Å². The van der Waals surface area contributed by atoms with E-state index < -0.39 is 0 Å². The van der Waals surface area contributed by atoms with Crippen molar-refractivity contribution >= 4 is 23.4 Å². The summed E-state index contributed by atoms with van der Waals surface area (Å²) in [6.45, 7) is 5.57. The Hall–Kier alpha value is -2.68. The fraction of sp³-hybridized carbons (Fsp3) is 0.667. The summed E-state index contributed by atoms with van der Waals surface area (Å²) in [6, 6.07) is 0.445. The lowest BCUT2D eigenvalue weighted by Gasteiger charge is -2.24. The van der Waals surface area contributed by atoms with E-state index in [4.69, 9.17) is 10.1 Å². The van der Waals surface area contributed by atoms with E-state index in [1.165, 1.54) is 24.8 Å². The Morgan fingerprint density at radius 3 is 2.70 bits per heavy atom. The molecule has 1 amide bonds. The van der Waals surface area contributed by atoms with Crippen molar-refractivity contribution in [2.75, 3.05) is 36.8 Å². The smallest absolute Gasteiger partial charge is 0.229 e. The van der Waals surface area contributed by atoms with E-state index in [0.29, 0.717) is 24.5 Å². The van der Waals surface area contributed by atoms with Crippen LogP contribution in [0, 0.1) is 12.8 Å². The first-order chi connectivity index (χ1) is 16.2. The van der Waals surface area contributed by atoms with Crippen LogP contribution in [0.2, 0.25) is 0 Å². The van der Waals surface area contributed by atoms with Gasteiger partial charge in [-0.1, -0.05) is 6.42 Å². The molecule has 2 aromatic heterocycles. The highest BCUT2D eigenvalue weighted by Crippen LogP contribution is 2.42. The summed E-state index contributed by atoms with van der Waals surface area (Å²) in [4.78, 5) is 21.4. The van der Waals surface area contributed by atoms with Crippen LogP contribution in [0.4, 0.5) is 17.5 Å². The minimum atomic E-state index is 0.217. The van der Waals surface area contributed by atoms with Crippen molar-refractivity contribution in [3.63, 3.8) is 0 Å². The molecule has 2 aliphatic carbocycles. The molecule has 0 unspecified atom stereocenters. The first-order valence-corrected chi connectivity index (χ1v) is 12.6. The Morgan fingerprint density at radius 1 is 1.15 bits per heavy atom. The number of nitrogens with zero attached hydrogens (tertiary/aromatic N) is 4.